The minimum Gasteiger partial charge on any atom is -0.490 e. The van der Waals surface area contributed by atoms with Crippen LogP contribution in [0.25, 0.3) is 10.8 Å². The van der Waals surface area contributed by atoms with Crippen molar-refractivity contribution in [2.24, 2.45) is 0 Å². The molecule has 1 aromatic carbocycles. The van der Waals surface area contributed by atoms with Gasteiger partial charge in [0, 0.05) is 41.6 Å². The van der Waals surface area contributed by atoms with E-state index >= 15 is 0 Å². The standard InChI is InChI=1S/C21H22N4O3/c26-20(14-25-12-2-10-23-21(25)27)24-16-5-7-17(8-6-16)28-19-4-1-3-15-13-22-11-9-18(15)19/h1-4,9-13,16-17H,5-8,14H2,(H,24,26). The first-order valence-corrected chi connectivity index (χ1v) is 9.49. The molecule has 7 nitrogen and oxygen atoms in total. The van der Waals surface area contributed by atoms with Crippen LogP contribution in [0.15, 0.2) is 59.9 Å². The van der Waals surface area contributed by atoms with Crippen molar-refractivity contribution in [2.45, 2.75) is 44.4 Å². The van der Waals surface area contributed by atoms with Crippen molar-refractivity contribution in [1.29, 1.82) is 0 Å². The molecule has 1 amide bonds. The molecule has 0 unspecified atom stereocenters. The molecular formula is C21H22N4O3. The van der Waals surface area contributed by atoms with Crippen LogP contribution < -0.4 is 15.7 Å². The van der Waals surface area contributed by atoms with Crippen molar-refractivity contribution >= 4 is 16.7 Å². The summed E-state index contributed by atoms with van der Waals surface area (Å²) in [6, 6.07) is 9.71. The molecule has 0 atom stereocenters. The summed E-state index contributed by atoms with van der Waals surface area (Å²) in [5.74, 6) is 0.712. The predicted molar refractivity (Wildman–Crippen MR) is 105 cm³/mol. The molecule has 0 saturated heterocycles. The molecule has 0 aliphatic heterocycles. The third kappa shape index (κ3) is 4.19. The maximum Gasteiger partial charge on any atom is 0.347 e. The second kappa shape index (κ2) is 8.21. The highest BCUT2D eigenvalue weighted by atomic mass is 16.5. The molecule has 1 saturated carbocycles. The number of carbonyl (C=O) groups excluding carboxylic acids is 1. The van der Waals surface area contributed by atoms with Gasteiger partial charge in [-0.05, 0) is 43.9 Å². The molecule has 1 aliphatic carbocycles. The second-order valence-electron chi connectivity index (χ2n) is 7.04. The molecule has 0 spiro atoms. The molecule has 4 rings (SSSR count). The molecular weight excluding hydrogens is 356 g/mol. The molecule has 1 N–H and O–H groups in total. The highest BCUT2D eigenvalue weighted by Crippen LogP contribution is 2.29. The van der Waals surface area contributed by atoms with E-state index in [0.29, 0.717) is 0 Å². The van der Waals surface area contributed by atoms with Crippen LogP contribution in [0.2, 0.25) is 0 Å². The highest BCUT2D eigenvalue weighted by molar-refractivity contribution is 5.87. The maximum absolute atomic E-state index is 12.2. The van der Waals surface area contributed by atoms with Crippen LogP contribution in [0.3, 0.4) is 0 Å². The minimum atomic E-state index is -0.417. The van der Waals surface area contributed by atoms with Gasteiger partial charge in [-0.15, -0.1) is 0 Å². The average Bonchev–Trinajstić information content (AvgIpc) is 2.71. The zero-order chi connectivity index (χ0) is 19.3. The van der Waals surface area contributed by atoms with Gasteiger partial charge in [0.25, 0.3) is 0 Å². The lowest BCUT2D eigenvalue weighted by Gasteiger charge is -2.30. The van der Waals surface area contributed by atoms with Crippen molar-refractivity contribution in [2.75, 3.05) is 0 Å². The van der Waals surface area contributed by atoms with Crippen LogP contribution in [-0.4, -0.2) is 32.6 Å². The van der Waals surface area contributed by atoms with Crippen molar-refractivity contribution < 1.29 is 9.53 Å². The molecule has 1 aliphatic rings. The average molecular weight is 378 g/mol. The molecule has 3 aromatic rings. The monoisotopic (exact) mass is 378 g/mol. The number of carbonyl (C=O) groups is 1. The fraction of sp³-hybridized carbons (Fsp3) is 0.333. The van der Waals surface area contributed by atoms with E-state index in [4.69, 9.17) is 4.74 Å². The van der Waals surface area contributed by atoms with E-state index in [-0.39, 0.29) is 24.6 Å². The summed E-state index contributed by atoms with van der Waals surface area (Å²) in [6.45, 7) is -0.00680. The van der Waals surface area contributed by atoms with E-state index in [1.165, 1.54) is 10.8 Å². The first-order valence-electron chi connectivity index (χ1n) is 9.49. The van der Waals surface area contributed by atoms with Gasteiger partial charge in [0.15, 0.2) is 0 Å². The Labute approximate surface area is 162 Å². The van der Waals surface area contributed by atoms with Crippen LogP contribution in [0.1, 0.15) is 25.7 Å². The second-order valence-corrected chi connectivity index (χ2v) is 7.04. The van der Waals surface area contributed by atoms with Gasteiger partial charge < -0.3 is 10.1 Å². The summed E-state index contributed by atoms with van der Waals surface area (Å²) >= 11 is 0. The number of nitrogens with one attached hydrogen (secondary N) is 1. The zero-order valence-electron chi connectivity index (χ0n) is 15.5. The van der Waals surface area contributed by atoms with E-state index in [2.05, 4.69) is 15.3 Å². The first-order chi connectivity index (χ1) is 13.7. The SMILES string of the molecule is O=C(Cn1cccnc1=O)NC1CCC(Oc2cccc3cnccc23)CC1. The number of hydrogen-bond donors (Lipinski definition) is 1. The normalized spacial score (nSPS) is 19.3. The van der Waals surface area contributed by atoms with Gasteiger partial charge in [0.05, 0.1) is 6.10 Å². The lowest BCUT2D eigenvalue weighted by Crippen LogP contribution is -2.42. The molecule has 0 bridgehead atoms. The third-order valence-corrected chi connectivity index (χ3v) is 5.07. The Morgan fingerprint density at radius 2 is 2.00 bits per heavy atom. The van der Waals surface area contributed by atoms with Crippen LogP contribution in [-0.2, 0) is 11.3 Å². The van der Waals surface area contributed by atoms with Gasteiger partial charge in [-0.1, -0.05) is 12.1 Å². The molecule has 2 heterocycles. The molecule has 7 heteroatoms. The largest absolute Gasteiger partial charge is 0.490 e. The Hall–Kier alpha value is -3.22. The Bertz CT molecular complexity index is 1020. The molecule has 1 fully saturated rings. The van der Waals surface area contributed by atoms with Crippen LogP contribution in [0, 0.1) is 0 Å². The van der Waals surface area contributed by atoms with Crippen LogP contribution in [0.5, 0.6) is 5.75 Å². The smallest absolute Gasteiger partial charge is 0.347 e. The third-order valence-electron chi connectivity index (χ3n) is 5.07. The first kappa shape index (κ1) is 18.2. The Balaban J connectivity index is 1.30. The van der Waals surface area contributed by atoms with E-state index in [9.17, 15) is 9.59 Å². The summed E-state index contributed by atoms with van der Waals surface area (Å²) in [7, 11) is 0. The highest BCUT2D eigenvalue weighted by Gasteiger charge is 2.24. The van der Waals surface area contributed by atoms with Crippen LogP contribution >= 0.6 is 0 Å². The van der Waals surface area contributed by atoms with Crippen molar-refractivity contribution in [3.8, 4) is 5.75 Å². The van der Waals surface area contributed by atoms with E-state index in [1.807, 2.05) is 30.5 Å². The van der Waals surface area contributed by atoms with E-state index < -0.39 is 5.69 Å². The number of rotatable bonds is 5. The van der Waals surface area contributed by atoms with Crippen molar-refractivity contribution in [1.82, 2.24) is 19.9 Å². The number of amides is 1. The van der Waals surface area contributed by atoms with Gasteiger partial charge >= 0.3 is 5.69 Å². The lowest BCUT2D eigenvalue weighted by molar-refractivity contribution is -0.122. The summed E-state index contributed by atoms with van der Waals surface area (Å²) < 4.78 is 7.54. The fourth-order valence-corrected chi connectivity index (χ4v) is 3.64. The van der Waals surface area contributed by atoms with Gasteiger partial charge in [-0.25, -0.2) is 9.78 Å². The number of nitrogens with zero attached hydrogens (tertiary/aromatic N) is 3. The summed E-state index contributed by atoms with van der Waals surface area (Å²) in [5, 5.41) is 5.14. The van der Waals surface area contributed by atoms with Gasteiger partial charge in [0.1, 0.15) is 12.3 Å². The van der Waals surface area contributed by atoms with Crippen LogP contribution in [0.4, 0.5) is 0 Å². The minimum absolute atomic E-state index is 0.00680. The Morgan fingerprint density at radius 1 is 1.14 bits per heavy atom. The Kier molecular flexibility index (Phi) is 5.32. The number of fused-ring (bicyclic) bond motifs is 1. The quantitative estimate of drug-likeness (QED) is 0.736. The summed E-state index contributed by atoms with van der Waals surface area (Å²) in [4.78, 5) is 31.6. The van der Waals surface area contributed by atoms with Crippen molar-refractivity contribution in [3.63, 3.8) is 0 Å². The van der Waals surface area contributed by atoms with Gasteiger partial charge in [-0.3, -0.25) is 14.3 Å². The van der Waals surface area contributed by atoms with E-state index in [1.54, 1.807) is 18.5 Å². The lowest BCUT2D eigenvalue weighted by atomic mass is 9.93. The molecule has 0 radical (unpaired) electrons. The summed E-state index contributed by atoms with van der Waals surface area (Å²) in [5.41, 5.74) is -0.417. The van der Waals surface area contributed by atoms with Gasteiger partial charge in [-0.2, -0.15) is 0 Å². The number of aromatic nitrogens is 3. The zero-order valence-corrected chi connectivity index (χ0v) is 15.5. The van der Waals surface area contributed by atoms with E-state index in [0.717, 1.165) is 42.2 Å². The number of benzene rings is 1. The van der Waals surface area contributed by atoms with Gasteiger partial charge in [0.2, 0.25) is 5.91 Å². The summed E-state index contributed by atoms with van der Waals surface area (Å²) in [6.07, 6.45) is 10.2. The molecule has 28 heavy (non-hydrogen) atoms. The number of pyridine rings is 1. The predicted octanol–water partition coefficient (Wildman–Crippen LogP) is 2.30. The maximum atomic E-state index is 12.2. The number of ether oxygens (including phenoxy) is 1. The number of hydrogen-bond acceptors (Lipinski definition) is 5. The topological polar surface area (TPSA) is 86.1 Å². The Morgan fingerprint density at radius 3 is 2.82 bits per heavy atom. The fourth-order valence-electron chi connectivity index (χ4n) is 3.64. The van der Waals surface area contributed by atoms with Crippen molar-refractivity contribution in [3.05, 3.63) is 65.6 Å². The molecule has 144 valence electrons. The molecule has 2 aromatic heterocycles.